The van der Waals surface area contributed by atoms with Crippen molar-refractivity contribution in [3.05, 3.63) is 73.7 Å². The molecule has 0 fully saturated rings. The molecule has 0 saturated heterocycles. The van der Waals surface area contributed by atoms with Crippen molar-refractivity contribution in [2.75, 3.05) is 13.7 Å². The van der Waals surface area contributed by atoms with Gasteiger partial charge in [0.15, 0.2) is 11.5 Å². The van der Waals surface area contributed by atoms with Crippen molar-refractivity contribution < 1.29 is 19.2 Å². The topological polar surface area (TPSA) is 89.0 Å². The summed E-state index contributed by atoms with van der Waals surface area (Å²) in [6.45, 7) is 1.20. The Labute approximate surface area is 159 Å². The zero-order valence-corrected chi connectivity index (χ0v) is 15.4. The lowest BCUT2D eigenvalue weighted by Crippen LogP contribution is -2.35. The molecule has 3 heterocycles. The van der Waals surface area contributed by atoms with E-state index >= 15 is 0 Å². The number of nitrogens with zero attached hydrogens (tertiary/aromatic N) is 2. The third-order valence-corrected chi connectivity index (χ3v) is 5.69. The number of benzene rings is 1. The molecule has 140 valence electrons. The van der Waals surface area contributed by atoms with Gasteiger partial charge in [0.05, 0.1) is 25.8 Å². The van der Waals surface area contributed by atoms with Crippen LogP contribution in [0.15, 0.2) is 46.2 Å². The van der Waals surface area contributed by atoms with Gasteiger partial charge in [-0.2, -0.15) is 0 Å². The average Bonchev–Trinajstić information content (AvgIpc) is 3.33. The molecule has 4 rings (SSSR count). The fraction of sp³-hybridized carbons (Fsp3) is 0.263. The number of phenolic OH excluding ortho intramolecular Hbond substituents is 1. The quantitative estimate of drug-likeness (QED) is 0.524. The Bertz CT molecular complexity index is 967. The van der Waals surface area contributed by atoms with E-state index in [2.05, 4.69) is 11.0 Å². The number of hydrogen-bond donors (Lipinski definition) is 1. The Morgan fingerprint density at radius 1 is 1.41 bits per heavy atom. The van der Waals surface area contributed by atoms with Crippen molar-refractivity contribution in [1.29, 1.82) is 0 Å². The number of rotatable bonds is 5. The molecule has 1 aromatic carbocycles. The van der Waals surface area contributed by atoms with Gasteiger partial charge in [-0.25, -0.2) is 0 Å². The van der Waals surface area contributed by atoms with E-state index < -0.39 is 4.92 Å². The molecular formula is C19H18N2O5S. The van der Waals surface area contributed by atoms with E-state index in [0.29, 0.717) is 18.1 Å². The van der Waals surface area contributed by atoms with E-state index in [1.54, 1.807) is 23.5 Å². The van der Waals surface area contributed by atoms with Crippen LogP contribution < -0.4 is 4.74 Å². The largest absolute Gasteiger partial charge is 0.504 e. The highest BCUT2D eigenvalue weighted by atomic mass is 32.1. The molecule has 1 N–H and O–H groups in total. The molecule has 27 heavy (non-hydrogen) atoms. The summed E-state index contributed by atoms with van der Waals surface area (Å²) < 4.78 is 10.7. The molecule has 1 atom stereocenters. The summed E-state index contributed by atoms with van der Waals surface area (Å²) in [6.07, 6.45) is 0.761. The zero-order chi connectivity index (χ0) is 19.0. The van der Waals surface area contributed by atoms with Gasteiger partial charge in [-0.1, -0.05) is 6.07 Å². The summed E-state index contributed by atoms with van der Waals surface area (Å²) in [6, 6.07) is 10.7. The first-order valence-corrected chi connectivity index (χ1v) is 9.35. The van der Waals surface area contributed by atoms with Gasteiger partial charge in [0, 0.05) is 11.4 Å². The number of thiophene rings is 1. The molecule has 0 saturated carbocycles. The lowest BCUT2D eigenvalue weighted by molar-refractivity contribution is -0.402. The summed E-state index contributed by atoms with van der Waals surface area (Å²) in [5.41, 5.74) is 2.15. The van der Waals surface area contributed by atoms with Crippen molar-refractivity contribution in [3.63, 3.8) is 0 Å². The molecule has 0 spiro atoms. The van der Waals surface area contributed by atoms with Crippen molar-refractivity contribution in [2.45, 2.75) is 19.0 Å². The molecule has 8 heteroatoms. The molecule has 7 nitrogen and oxygen atoms in total. The van der Waals surface area contributed by atoms with Gasteiger partial charge in [0.25, 0.3) is 0 Å². The second-order valence-electron chi connectivity index (χ2n) is 6.36. The molecule has 0 radical (unpaired) electrons. The normalized spacial score (nSPS) is 16.9. The minimum absolute atomic E-state index is 0.0348. The Morgan fingerprint density at radius 3 is 2.93 bits per heavy atom. The highest BCUT2D eigenvalue weighted by Gasteiger charge is 2.31. The van der Waals surface area contributed by atoms with Crippen LogP contribution in [0.25, 0.3) is 0 Å². The van der Waals surface area contributed by atoms with E-state index in [-0.39, 0.29) is 17.7 Å². The van der Waals surface area contributed by atoms with Crippen LogP contribution in [0.2, 0.25) is 0 Å². The van der Waals surface area contributed by atoms with E-state index in [0.717, 1.165) is 29.0 Å². The Hall–Kier alpha value is -2.84. The molecule has 1 unspecified atom stereocenters. The number of furan rings is 1. The smallest absolute Gasteiger partial charge is 0.433 e. The first-order valence-electron chi connectivity index (χ1n) is 8.47. The number of methoxy groups -OCH3 is 1. The van der Waals surface area contributed by atoms with Gasteiger partial charge in [-0.3, -0.25) is 15.0 Å². The number of nitro groups is 1. The lowest BCUT2D eigenvalue weighted by atomic mass is 9.91. The van der Waals surface area contributed by atoms with Gasteiger partial charge in [0.2, 0.25) is 0 Å². The van der Waals surface area contributed by atoms with Crippen LogP contribution in [0, 0.1) is 10.1 Å². The highest BCUT2D eigenvalue weighted by molar-refractivity contribution is 7.10. The maximum atomic E-state index is 10.9. The standard InChI is InChI=1S/C19H18N2O5S/c1-25-16-10-14-12(9-15(16)22)6-7-20(19(14)17-3-2-8-27-17)11-13-4-5-18(26-13)21(23)24/h2-5,8-10,19,22H,6-7,11H2,1H3. The Morgan fingerprint density at radius 2 is 2.26 bits per heavy atom. The van der Waals surface area contributed by atoms with Gasteiger partial charge < -0.3 is 14.3 Å². The van der Waals surface area contributed by atoms with Gasteiger partial charge in [-0.15, -0.1) is 11.3 Å². The first-order chi connectivity index (χ1) is 13.1. The fourth-order valence-corrected chi connectivity index (χ4v) is 4.43. The maximum absolute atomic E-state index is 10.9. The van der Waals surface area contributed by atoms with Crippen LogP contribution in [-0.4, -0.2) is 28.6 Å². The first kappa shape index (κ1) is 17.6. The monoisotopic (exact) mass is 386 g/mol. The number of fused-ring (bicyclic) bond motifs is 1. The number of ether oxygens (including phenoxy) is 1. The fourth-order valence-electron chi connectivity index (χ4n) is 3.55. The van der Waals surface area contributed by atoms with Crippen LogP contribution in [0.3, 0.4) is 0 Å². The summed E-state index contributed by atoms with van der Waals surface area (Å²) >= 11 is 1.65. The molecule has 0 amide bonds. The summed E-state index contributed by atoms with van der Waals surface area (Å²) in [5, 5.41) is 23.0. The van der Waals surface area contributed by atoms with E-state index in [4.69, 9.17) is 9.15 Å². The molecular weight excluding hydrogens is 368 g/mol. The molecule has 3 aromatic rings. The second-order valence-corrected chi connectivity index (χ2v) is 7.34. The van der Waals surface area contributed by atoms with Crippen LogP contribution >= 0.6 is 11.3 Å². The maximum Gasteiger partial charge on any atom is 0.433 e. The van der Waals surface area contributed by atoms with E-state index in [1.807, 2.05) is 17.5 Å². The van der Waals surface area contributed by atoms with E-state index in [9.17, 15) is 15.2 Å². The van der Waals surface area contributed by atoms with E-state index in [1.165, 1.54) is 13.2 Å². The zero-order valence-electron chi connectivity index (χ0n) is 14.6. The molecule has 1 aliphatic heterocycles. The van der Waals surface area contributed by atoms with Crippen LogP contribution in [0.5, 0.6) is 11.5 Å². The van der Waals surface area contributed by atoms with Crippen LogP contribution in [0.1, 0.15) is 27.8 Å². The van der Waals surface area contributed by atoms with Crippen molar-refractivity contribution in [3.8, 4) is 11.5 Å². The van der Waals surface area contributed by atoms with Gasteiger partial charge in [0.1, 0.15) is 10.7 Å². The lowest BCUT2D eigenvalue weighted by Gasteiger charge is -2.36. The van der Waals surface area contributed by atoms with Gasteiger partial charge in [-0.05, 0) is 47.2 Å². The third-order valence-electron chi connectivity index (χ3n) is 4.77. The number of aromatic hydroxyl groups is 1. The Kier molecular flexibility index (Phi) is 4.59. The number of phenols is 1. The summed E-state index contributed by atoms with van der Waals surface area (Å²) in [4.78, 5) is 13.7. The number of hydrogen-bond acceptors (Lipinski definition) is 7. The minimum atomic E-state index is -0.528. The Balaban J connectivity index is 1.72. The van der Waals surface area contributed by atoms with Gasteiger partial charge >= 0.3 is 5.88 Å². The van der Waals surface area contributed by atoms with Crippen LogP contribution in [-0.2, 0) is 13.0 Å². The minimum Gasteiger partial charge on any atom is -0.504 e. The SMILES string of the molecule is COc1cc2c(cc1O)CCN(Cc1ccc([N+](=O)[O-])o1)C2c1cccs1. The summed E-state index contributed by atoms with van der Waals surface area (Å²) in [5.74, 6) is 0.876. The predicted molar refractivity (Wildman–Crippen MR) is 100 cm³/mol. The average molecular weight is 386 g/mol. The molecule has 0 aliphatic carbocycles. The van der Waals surface area contributed by atoms with Crippen molar-refractivity contribution in [2.24, 2.45) is 0 Å². The molecule has 2 aromatic heterocycles. The van der Waals surface area contributed by atoms with Crippen LogP contribution in [0.4, 0.5) is 5.88 Å². The highest BCUT2D eigenvalue weighted by Crippen LogP contribution is 2.42. The van der Waals surface area contributed by atoms with Crippen molar-refractivity contribution >= 4 is 17.2 Å². The molecule has 0 bridgehead atoms. The second kappa shape index (κ2) is 7.05. The van der Waals surface area contributed by atoms with Crippen molar-refractivity contribution in [1.82, 2.24) is 4.90 Å². The third kappa shape index (κ3) is 3.29. The molecule has 1 aliphatic rings. The summed E-state index contributed by atoms with van der Waals surface area (Å²) in [7, 11) is 1.53. The predicted octanol–water partition coefficient (Wildman–Crippen LogP) is 4.11.